The highest BCUT2D eigenvalue weighted by Crippen LogP contribution is 2.28. The van der Waals surface area contributed by atoms with E-state index in [1.165, 1.54) is 12.1 Å². The zero-order valence-corrected chi connectivity index (χ0v) is 9.95. The Balaban J connectivity index is 3.13. The lowest BCUT2D eigenvalue weighted by Gasteiger charge is -1.97. The van der Waals surface area contributed by atoms with Crippen LogP contribution in [0.3, 0.4) is 0 Å². The van der Waals surface area contributed by atoms with E-state index in [0.29, 0.717) is 8.96 Å². The van der Waals surface area contributed by atoms with E-state index in [0.717, 1.165) is 0 Å². The number of rotatable bonds is 2. The van der Waals surface area contributed by atoms with E-state index in [9.17, 15) is 15.2 Å². The van der Waals surface area contributed by atoms with Crippen LogP contribution in [-0.2, 0) is 0 Å². The quantitative estimate of drug-likeness (QED) is 0.670. The SMILES string of the molecule is O=[N+]([O-])c1ccc(C=C(Br)Br)cc1O. The van der Waals surface area contributed by atoms with Gasteiger partial charge >= 0.3 is 5.69 Å². The van der Waals surface area contributed by atoms with Crippen LogP contribution in [-0.4, -0.2) is 10.0 Å². The second kappa shape index (κ2) is 4.56. The molecule has 0 saturated carbocycles. The number of phenolic OH excluding ortho intramolecular Hbond substituents is 1. The molecule has 0 saturated heterocycles. The van der Waals surface area contributed by atoms with E-state index >= 15 is 0 Å². The van der Waals surface area contributed by atoms with Crippen molar-refractivity contribution in [2.24, 2.45) is 0 Å². The minimum atomic E-state index is -0.633. The third kappa shape index (κ3) is 2.81. The largest absolute Gasteiger partial charge is 0.502 e. The van der Waals surface area contributed by atoms with Crippen LogP contribution in [0, 0.1) is 10.1 Å². The van der Waals surface area contributed by atoms with Crippen molar-refractivity contribution in [2.45, 2.75) is 0 Å². The van der Waals surface area contributed by atoms with Gasteiger partial charge in [0.15, 0.2) is 5.75 Å². The van der Waals surface area contributed by atoms with Gasteiger partial charge in [0.1, 0.15) is 0 Å². The number of hydrogen-bond donors (Lipinski definition) is 1. The molecule has 14 heavy (non-hydrogen) atoms. The molecule has 0 aliphatic carbocycles. The fourth-order valence-electron chi connectivity index (χ4n) is 0.911. The van der Waals surface area contributed by atoms with E-state index in [-0.39, 0.29) is 11.4 Å². The number of benzene rings is 1. The standard InChI is InChI=1S/C8H5Br2NO3/c9-8(10)4-5-1-2-6(11(13)14)7(12)3-5/h1-4,12H. The first-order valence-corrected chi connectivity index (χ1v) is 5.09. The van der Waals surface area contributed by atoms with Gasteiger partial charge in [-0.15, -0.1) is 0 Å². The summed E-state index contributed by atoms with van der Waals surface area (Å²) in [5.74, 6) is -0.343. The van der Waals surface area contributed by atoms with Gasteiger partial charge in [-0.25, -0.2) is 0 Å². The van der Waals surface area contributed by atoms with Crippen LogP contribution in [0.15, 0.2) is 21.6 Å². The van der Waals surface area contributed by atoms with Crippen molar-refractivity contribution < 1.29 is 10.0 Å². The van der Waals surface area contributed by atoms with E-state index in [1.807, 2.05) is 0 Å². The molecule has 0 atom stereocenters. The molecule has 0 amide bonds. The van der Waals surface area contributed by atoms with E-state index in [2.05, 4.69) is 31.9 Å². The molecule has 0 aromatic heterocycles. The summed E-state index contributed by atoms with van der Waals surface area (Å²) in [4.78, 5) is 9.73. The van der Waals surface area contributed by atoms with Crippen LogP contribution >= 0.6 is 31.9 Å². The summed E-state index contributed by atoms with van der Waals surface area (Å²) >= 11 is 6.29. The first-order chi connectivity index (χ1) is 6.50. The van der Waals surface area contributed by atoms with Crippen LogP contribution in [0.1, 0.15) is 5.56 Å². The highest BCUT2D eigenvalue weighted by molar-refractivity contribution is 9.28. The fraction of sp³-hybridized carbons (Fsp3) is 0. The molecule has 0 radical (unpaired) electrons. The number of nitro benzene ring substituents is 1. The first-order valence-electron chi connectivity index (χ1n) is 3.51. The minimum absolute atomic E-state index is 0.298. The molecule has 4 nitrogen and oxygen atoms in total. The van der Waals surface area contributed by atoms with E-state index in [1.54, 1.807) is 12.1 Å². The maximum atomic E-state index is 10.4. The second-order valence-corrected chi connectivity index (χ2v) is 5.21. The number of phenols is 1. The monoisotopic (exact) mass is 321 g/mol. The maximum Gasteiger partial charge on any atom is 0.310 e. The average molecular weight is 323 g/mol. The summed E-state index contributed by atoms with van der Waals surface area (Å²) in [6, 6.07) is 4.12. The molecule has 0 spiro atoms. The molecule has 1 rings (SSSR count). The molecule has 6 heteroatoms. The number of nitrogens with zero attached hydrogens (tertiary/aromatic N) is 1. The Labute approximate surface area is 96.7 Å². The summed E-state index contributed by atoms with van der Waals surface area (Å²) in [6.45, 7) is 0. The van der Waals surface area contributed by atoms with Crippen molar-refractivity contribution in [2.75, 3.05) is 0 Å². The third-order valence-corrected chi connectivity index (χ3v) is 1.93. The zero-order chi connectivity index (χ0) is 10.7. The van der Waals surface area contributed by atoms with Crippen LogP contribution < -0.4 is 0 Å². The Morgan fingerprint density at radius 3 is 2.57 bits per heavy atom. The molecule has 0 aliphatic heterocycles. The van der Waals surface area contributed by atoms with E-state index in [4.69, 9.17) is 0 Å². The molecule has 0 bridgehead atoms. The van der Waals surface area contributed by atoms with Gasteiger partial charge in [0, 0.05) is 6.07 Å². The lowest BCUT2D eigenvalue weighted by Crippen LogP contribution is -1.88. The van der Waals surface area contributed by atoms with Crippen molar-refractivity contribution >= 4 is 43.6 Å². The minimum Gasteiger partial charge on any atom is -0.502 e. The molecular formula is C8H5Br2NO3. The second-order valence-electron chi connectivity index (χ2n) is 2.44. The summed E-state index contributed by atoms with van der Waals surface area (Å²) in [6.07, 6.45) is 1.67. The molecule has 74 valence electrons. The van der Waals surface area contributed by atoms with Crippen LogP contribution in [0.2, 0.25) is 0 Å². The predicted molar refractivity (Wildman–Crippen MR) is 60.6 cm³/mol. The third-order valence-electron chi connectivity index (χ3n) is 1.47. The van der Waals surface area contributed by atoms with Gasteiger partial charge in [0.2, 0.25) is 0 Å². The number of halogens is 2. The normalized spacial score (nSPS) is 9.57. The Hall–Kier alpha value is -0.880. The molecule has 0 unspecified atom stereocenters. The molecule has 0 fully saturated rings. The van der Waals surface area contributed by atoms with E-state index < -0.39 is 4.92 Å². The molecule has 1 aromatic carbocycles. The lowest BCUT2D eigenvalue weighted by molar-refractivity contribution is -0.385. The van der Waals surface area contributed by atoms with Crippen molar-refractivity contribution in [3.8, 4) is 5.75 Å². The highest BCUT2D eigenvalue weighted by Gasteiger charge is 2.11. The predicted octanol–water partition coefficient (Wildman–Crippen LogP) is 3.39. The van der Waals surface area contributed by atoms with Crippen molar-refractivity contribution in [3.63, 3.8) is 0 Å². The Bertz CT molecular complexity index is 400. The molecule has 1 N–H and O–H groups in total. The number of nitro groups is 1. The molecular weight excluding hydrogens is 318 g/mol. The summed E-state index contributed by atoms with van der Waals surface area (Å²) in [7, 11) is 0. The van der Waals surface area contributed by atoms with Gasteiger partial charge in [0.05, 0.1) is 8.31 Å². The van der Waals surface area contributed by atoms with Crippen molar-refractivity contribution in [1.82, 2.24) is 0 Å². The summed E-state index contributed by atoms with van der Waals surface area (Å²) in [5, 5.41) is 19.6. The van der Waals surface area contributed by atoms with Gasteiger partial charge in [-0.1, -0.05) is 0 Å². The van der Waals surface area contributed by atoms with Crippen LogP contribution in [0.25, 0.3) is 6.08 Å². The Morgan fingerprint density at radius 2 is 2.14 bits per heavy atom. The van der Waals surface area contributed by atoms with Gasteiger partial charge in [-0.05, 0) is 55.6 Å². The molecule has 0 heterocycles. The number of hydrogen-bond acceptors (Lipinski definition) is 3. The lowest BCUT2D eigenvalue weighted by atomic mass is 10.2. The van der Waals surface area contributed by atoms with Gasteiger partial charge in [-0.3, -0.25) is 10.1 Å². The topological polar surface area (TPSA) is 63.4 Å². The van der Waals surface area contributed by atoms with Gasteiger partial charge in [0.25, 0.3) is 0 Å². The fourth-order valence-corrected chi connectivity index (χ4v) is 1.44. The molecule has 1 aromatic rings. The zero-order valence-electron chi connectivity index (χ0n) is 6.78. The average Bonchev–Trinajstić information content (AvgIpc) is 2.01. The first kappa shape index (κ1) is 11.2. The van der Waals surface area contributed by atoms with Gasteiger partial charge in [-0.2, -0.15) is 0 Å². The smallest absolute Gasteiger partial charge is 0.310 e. The van der Waals surface area contributed by atoms with Crippen LogP contribution in [0.4, 0.5) is 5.69 Å². The summed E-state index contributed by atoms with van der Waals surface area (Å²) in [5.41, 5.74) is 0.365. The van der Waals surface area contributed by atoms with Gasteiger partial charge < -0.3 is 5.11 Å². The maximum absolute atomic E-state index is 10.4. The Morgan fingerprint density at radius 1 is 1.50 bits per heavy atom. The summed E-state index contributed by atoms with van der Waals surface area (Å²) < 4.78 is 0.693. The number of aromatic hydroxyl groups is 1. The Kier molecular flexibility index (Phi) is 3.65. The van der Waals surface area contributed by atoms with Crippen LogP contribution in [0.5, 0.6) is 5.75 Å². The highest BCUT2D eigenvalue weighted by atomic mass is 79.9. The van der Waals surface area contributed by atoms with Crippen molar-refractivity contribution in [3.05, 3.63) is 37.3 Å². The molecule has 0 aliphatic rings. The van der Waals surface area contributed by atoms with Crippen molar-refractivity contribution in [1.29, 1.82) is 0 Å².